The minimum atomic E-state index is 0.726. The summed E-state index contributed by atoms with van der Waals surface area (Å²) in [6.45, 7) is 7.96. The SMILES string of the molecule is C=COCC.Cc1cc(C#N)cs1. The number of aryl methyl sites for hydroxylation is 1. The highest BCUT2D eigenvalue weighted by molar-refractivity contribution is 7.10. The van der Waals surface area contributed by atoms with Gasteiger partial charge in [0.1, 0.15) is 0 Å². The smallest absolute Gasteiger partial charge is 0.1000 e. The van der Waals surface area contributed by atoms with E-state index in [0.29, 0.717) is 0 Å². The third-order valence-electron chi connectivity index (χ3n) is 1.14. The summed E-state index contributed by atoms with van der Waals surface area (Å²) in [5.74, 6) is 0. The molecule has 3 heteroatoms. The summed E-state index contributed by atoms with van der Waals surface area (Å²) in [6.07, 6.45) is 1.43. The van der Waals surface area contributed by atoms with E-state index >= 15 is 0 Å². The molecule has 1 heterocycles. The minimum absolute atomic E-state index is 0.726. The molecule has 0 N–H and O–H groups in total. The van der Waals surface area contributed by atoms with Crippen molar-refractivity contribution in [2.24, 2.45) is 0 Å². The average molecular weight is 195 g/mol. The molecule has 0 fully saturated rings. The molecule has 0 radical (unpaired) electrons. The number of thiophene rings is 1. The van der Waals surface area contributed by atoms with Crippen molar-refractivity contribution in [2.75, 3.05) is 6.61 Å². The van der Waals surface area contributed by atoms with Gasteiger partial charge in [0.15, 0.2) is 0 Å². The zero-order valence-electron chi connectivity index (χ0n) is 7.91. The fourth-order valence-corrected chi connectivity index (χ4v) is 1.25. The van der Waals surface area contributed by atoms with Crippen molar-refractivity contribution in [1.29, 1.82) is 5.26 Å². The Kier molecular flexibility index (Phi) is 6.66. The molecular weight excluding hydrogens is 182 g/mol. The maximum absolute atomic E-state index is 8.31. The molecule has 2 nitrogen and oxygen atoms in total. The van der Waals surface area contributed by atoms with Gasteiger partial charge in [0.2, 0.25) is 0 Å². The first-order valence-electron chi connectivity index (χ1n) is 3.92. The molecule has 70 valence electrons. The first-order chi connectivity index (χ1) is 6.24. The zero-order valence-corrected chi connectivity index (χ0v) is 8.73. The van der Waals surface area contributed by atoms with Crippen molar-refractivity contribution in [3.8, 4) is 6.07 Å². The molecule has 0 unspecified atom stereocenters. The lowest BCUT2D eigenvalue weighted by Crippen LogP contribution is -1.72. The van der Waals surface area contributed by atoms with Gasteiger partial charge < -0.3 is 4.74 Å². The van der Waals surface area contributed by atoms with Gasteiger partial charge in [0.05, 0.1) is 24.5 Å². The van der Waals surface area contributed by atoms with E-state index in [9.17, 15) is 0 Å². The Morgan fingerprint density at radius 1 is 1.77 bits per heavy atom. The maximum Gasteiger partial charge on any atom is 0.1000 e. The first-order valence-corrected chi connectivity index (χ1v) is 4.80. The van der Waals surface area contributed by atoms with Crippen molar-refractivity contribution < 1.29 is 4.74 Å². The maximum atomic E-state index is 8.31. The second-order valence-corrected chi connectivity index (χ2v) is 3.30. The van der Waals surface area contributed by atoms with Gasteiger partial charge in [-0.1, -0.05) is 6.58 Å². The van der Waals surface area contributed by atoms with Crippen LogP contribution in [-0.4, -0.2) is 6.61 Å². The number of ether oxygens (including phenoxy) is 1. The van der Waals surface area contributed by atoms with Crippen LogP contribution in [0.15, 0.2) is 24.3 Å². The highest BCUT2D eigenvalue weighted by Crippen LogP contribution is 2.10. The van der Waals surface area contributed by atoms with Crippen LogP contribution in [0.4, 0.5) is 0 Å². The Morgan fingerprint density at radius 2 is 2.46 bits per heavy atom. The monoisotopic (exact) mass is 195 g/mol. The predicted octanol–water partition coefficient (Wildman–Crippen LogP) is 3.09. The topological polar surface area (TPSA) is 33.0 Å². The Bertz CT molecular complexity index is 285. The quantitative estimate of drug-likeness (QED) is 0.679. The van der Waals surface area contributed by atoms with Crippen molar-refractivity contribution in [2.45, 2.75) is 13.8 Å². The second-order valence-electron chi connectivity index (χ2n) is 2.18. The van der Waals surface area contributed by atoms with Gasteiger partial charge in [-0.05, 0) is 19.9 Å². The van der Waals surface area contributed by atoms with Crippen LogP contribution in [0.3, 0.4) is 0 Å². The zero-order chi connectivity index (χ0) is 10.1. The molecule has 0 bridgehead atoms. The molecule has 0 atom stereocenters. The van der Waals surface area contributed by atoms with Gasteiger partial charge in [-0.3, -0.25) is 0 Å². The standard InChI is InChI=1S/C6H5NS.C4H8O/c1-5-2-6(3-7)4-8-5;1-3-5-4-2/h2,4H,1H3;3H,1,4H2,2H3. The Balaban J connectivity index is 0.000000252. The van der Waals surface area contributed by atoms with Crippen molar-refractivity contribution in [3.63, 3.8) is 0 Å². The van der Waals surface area contributed by atoms with Crippen LogP contribution in [0.25, 0.3) is 0 Å². The molecule has 1 rings (SSSR count). The van der Waals surface area contributed by atoms with Gasteiger partial charge in [0, 0.05) is 10.3 Å². The molecule has 0 aliphatic heterocycles. The normalized spacial score (nSPS) is 7.77. The van der Waals surface area contributed by atoms with E-state index in [4.69, 9.17) is 5.26 Å². The number of hydrogen-bond donors (Lipinski definition) is 0. The van der Waals surface area contributed by atoms with Crippen LogP contribution < -0.4 is 0 Å². The lowest BCUT2D eigenvalue weighted by molar-refractivity contribution is 0.270. The van der Waals surface area contributed by atoms with Gasteiger partial charge in [0.25, 0.3) is 0 Å². The van der Waals surface area contributed by atoms with Gasteiger partial charge >= 0.3 is 0 Å². The Hall–Kier alpha value is -1.27. The molecule has 0 amide bonds. The van der Waals surface area contributed by atoms with E-state index in [1.807, 2.05) is 25.3 Å². The summed E-state index contributed by atoms with van der Waals surface area (Å²) in [7, 11) is 0. The summed E-state index contributed by atoms with van der Waals surface area (Å²) < 4.78 is 4.60. The highest BCUT2D eigenvalue weighted by atomic mass is 32.1. The molecule has 0 aliphatic rings. The van der Waals surface area contributed by atoms with Crippen molar-refractivity contribution in [3.05, 3.63) is 34.7 Å². The predicted molar refractivity (Wildman–Crippen MR) is 55.6 cm³/mol. The van der Waals surface area contributed by atoms with Crippen LogP contribution in [-0.2, 0) is 4.74 Å². The highest BCUT2D eigenvalue weighted by Gasteiger charge is 1.89. The van der Waals surface area contributed by atoms with Crippen LogP contribution in [0.1, 0.15) is 17.4 Å². The average Bonchev–Trinajstić information content (AvgIpc) is 2.54. The van der Waals surface area contributed by atoms with E-state index in [2.05, 4.69) is 17.4 Å². The number of hydrogen-bond acceptors (Lipinski definition) is 3. The molecular formula is C10H13NOS. The van der Waals surface area contributed by atoms with Gasteiger partial charge in [-0.15, -0.1) is 11.3 Å². The molecule has 0 aliphatic carbocycles. The number of nitrogens with zero attached hydrogens (tertiary/aromatic N) is 1. The third kappa shape index (κ3) is 5.94. The lowest BCUT2D eigenvalue weighted by Gasteiger charge is -1.84. The fraction of sp³-hybridized carbons (Fsp3) is 0.300. The third-order valence-corrected chi connectivity index (χ3v) is 2.01. The van der Waals surface area contributed by atoms with Crippen molar-refractivity contribution in [1.82, 2.24) is 0 Å². The number of nitriles is 1. The van der Waals surface area contributed by atoms with E-state index < -0.39 is 0 Å². The molecule has 0 saturated heterocycles. The fourth-order valence-electron chi connectivity index (χ4n) is 0.620. The molecule has 1 aromatic heterocycles. The van der Waals surface area contributed by atoms with E-state index in [1.54, 1.807) is 11.3 Å². The Morgan fingerprint density at radius 3 is 2.62 bits per heavy atom. The van der Waals surface area contributed by atoms with Crippen LogP contribution in [0, 0.1) is 18.3 Å². The molecule has 0 saturated carbocycles. The van der Waals surface area contributed by atoms with E-state index in [-0.39, 0.29) is 0 Å². The van der Waals surface area contributed by atoms with Crippen LogP contribution >= 0.6 is 11.3 Å². The van der Waals surface area contributed by atoms with E-state index in [1.165, 1.54) is 11.1 Å². The van der Waals surface area contributed by atoms with E-state index in [0.717, 1.165) is 12.2 Å². The van der Waals surface area contributed by atoms with Gasteiger partial charge in [-0.25, -0.2) is 0 Å². The molecule has 1 aromatic rings. The molecule has 13 heavy (non-hydrogen) atoms. The summed E-state index contributed by atoms with van der Waals surface area (Å²) in [6, 6.07) is 3.94. The molecule has 0 aromatic carbocycles. The van der Waals surface area contributed by atoms with Crippen LogP contribution in [0.2, 0.25) is 0 Å². The lowest BCUT2D eigenvalue weighted by atomic mass is 10.3. The van der Waals surface area contributed by atoms with Crippen LogP contribution in [0.5, 0.6) is 0 Å². The minimum Gasteiger partial charge on any atom is -0.502 e. The summed E-state index contributed by atoms with van der Waals surface area (Å²) >= 11 is 1.61. The first kappa shape index (κ1) is 11.7. The second kappa shape index (κ2) is 7.38. The number of rotatable bonds is 2. The summed E-state index contributed by atoms with van der Waals surface area (Å²) in [5.41, 5.74) is 0.771. The van der Waals surface area contributed by atoms with Crippen molar-refractivity contribution >= 4 is 11.3 Å². The molecule has 0 spiro atoms. The summed E-state index contributed by atoms with van der Waals surface area (Å²) in [4.78, 5) is 1.20. The Labute approximate surface area is 83.1 Å². The van der Waals surface area contributed by atoms with Gasteiger partial charge in [-0.2, -0.15) is 5.26 Å². The largest absolute Gasteiger partial charge is 0.502 e. The summed E-state index contributed by atoms with van der Waals surface area (Å²) in [5, 5.41) is 10.2.